The Balaban J connectivity index is 1.59. The van der Waals surface area contributed by atoms with Crippen LogP contribution < -0.4 is 4.74 Å². The molecule has 31 heavy (non-hydrogen) atoms. The molecule has 0 aliphatic rings. The van der Waals surface area contributed by atoms with E-state index in [0.29, 0.717) is 11.3 Å². The van der Waals surface area contributed by atoms with Crippen LogP contribution in [0.2, 0.25) is 0 Å². The molecule has 0 spiro atoms. The van der Waals surface area contributed by atoms with Crippen LogP contribution in [0.25, 0.3) is 22.3 Å². The van der Waals surface area contributed by atoms with Gasteiger partial charge in [0.1, 0.15) is 19.0 Å². The van der Waals surface area contributed by atoms with Gasteiger partial charge < -0.3 is 9.47 Å². The molecular formula is C25H21F3O3. The zero-order valence-corrected chi connectivity index (χ0v) is 16.9. The van der Waals surface area contributed by atoms with E-state index in [2.05, 4.69) is 6.58 Å². The van der Waals surface area contributed by atoms with Crippen molar-refractivity contribution in [3.05, 3.63) is 90.5 Å². The van der Waals surface area contributed by atoms with Gasteiger partial charge >= 0.3 is 12.1 Å². The Hall–Kier alpha value is -3.54. The van der Waals surface area contributed by atoms with Crippen LogP contribution in [-0.4, -0.2) is 19.2 Å². The van der Waals surface area contributed by atoms with Gasteiger partial charge in [-0.3, -0.25) is 0 Å². The minimum absolute atomic E-state index is 0.138. The highest BCUT2D eigenvalue weighted by atomic mass is 19.4. The van der Waals surface area contributed by atoms with E-state index in [0.717, 1.165) is 34.4 Å². The number of rotatable bonds is 7. The summed E-state index contributed by atoms with van der Waals surface area (Å²) in [7, 11) is 0. The normalized spacial score (nSPS) is 11.1. The fraction of sp³-hybridized carbons (Fsp3) is 0.160. The number of esters is 1. The zero-order chi connectivity index (χ0) is 22.4. The van der Waals surface area contributed by atoms with E-state index in [-0.39, 0.29) is 13.2 Å². The number of ether oxygens (including phenoxy) is 2. The highest BCUT2D eigenvalue weighted by Gasteiger charge is 2.29. The van der Waals surface area contributed by atoms with Gasteiger partial charge in [-0.2, -0.15) is 13.2 Å². The third-order valence-corrected chi connectivity index (χ3v) is 4.55. The third-order valence-electron chi connectivity index (χ3n) is 4.55. The maximum atomic E-state index is 12.7. The Morgan fingerprint density at radius 2 is 1.19 bits per heavy atom. The van der Waals surface area contributed by atoms with Crippen molar-refractivity contribution in [1.29, 1.82) is 0 Å². The SMILES string of the molecule is C=C(C)C(=O)OCCOc1ccc(-c2ccc(-c3ccc(C(F)(F)F)cc3)cc2)cc1. The quantitative estimate of drug-likeness (QED) is 0.245. The van der Waals surface area contributed by atoms with E-state index in [4.69, 9.17) is 9.47 Å². The molecule has 0 aliphatic heterocycles. The maximum Gasteiger partial charge on any atom is 0.416 e. The van der Waals surface area contributed by atoms with E-state index < -0.39 is 17.7 Å². The first-order valence-corrected chi connectivity index (χ1v) is 9.57. The lowest BCUT2D eigenvalue weighted by Gasteiger charge is -2.10. The Bertz CT molecular complexity index is 1040. The molecule has 3 nitrogen and oxygen atoms in total. The summed E-state index contributed by atoms with van der Waals surface area (Å²) in [6.45, 7) is 5.46. The number of alkyl halides is 3. The second-order valence-corrected chi connectivity index (χ2v) is 6.94. The molecule has 6 heteroatoms. The monoisotopic (exact) mass is 426 g/mol. The Labute approximate surface area is 178 Å². The molecule has 0 heterocycles. The zero-order valence-electron chi connectivity index (χ0n) is 16.9. The van der Waals surface area contributed by atoms with Crippen molar-refractivity contribution in [1.82, 2.24) is 0 Å². The van der Waals surface area contributed by atoms with E-state index in [1.54, 1.807) is 6.92 Å². The molecule has 0 amide bonds. The summed E-state index contributed by atoms with van der Waals surface area (Å²) in [4.78, 5) is 11.3. The van der Waals surface area contributed by atoms with Crippen LogP contribution in [0.3, 0.4) is 0 Å². The summed E-state index contributed by atoms with van der Waals surface area (Å²) in [5, 5.41) is 0. The third kappa shape index (κ3) is 5.98. The van der Waals surface area contributed by atoms with Crippen molar-refractivity contribution in [2.45, 2.75) is 13.1 Å². The van der Waals surface area contributed by atoms with Gasteiger partial charge in [-0.05, 0) is 53.4 Å². The number of carbonyl (C=O) groups is 1. The lowest BCUT2D eigenvalue weighted by molar-refractivity contribution is -0.139. The maximum absolute atomic E-state index is 12.7. The van der Waals surface area contributed by atoms with Crippen molar-refractivity contribution in [2.75, 3.05) is 13.2 Å². The van der Waals surface area contributed by atoms with Crippen LogP contribution in [0, 0.1) is 0 Å². The first-order valence-electron chi connectivity index (χ1n) is 9.57. The molecule has 0 unspecified atom stereocenters. The fourth-order valence-corrected chi connectivity index (χ4v) is 2.87. The van der Waals surface area contributed by atoms with Gasteiger partial charge in [-0.25, -0.2) is 4.79 Å². The topological polar surface area (TPSA) is 35.5 Å². The van der Waals surface area contributed by atoms with Crippen LogP contribution >= 0.6 is 0 Å². The van der Waals surface area contributed by atoms with Gasteiger partial charge in [-0.1, -0.05) is 55.1 Å². The van der Waals surface area contributed by atoms with Crippen molar-refractivity contribution >= 4 is 5.97 Å². The predicted octanol–water partition coefficient (Wildman–Crippen LogP) is 6.54. The Morgan fingerprint density at radius 1 is 0.774 bits per heavy atom. The number of halogens is 3. The fourth-order valence-electron chi connectivity index (χ4n) is 2.87. The molecule has 0 atom stereocenters. The van der Waals surface area contributed by atoms with Crippen molar-refractivity contribution in [3.8, 4) is 28.0 Å². The lowest BCUT2D eigenvalue weighted by Crippen LogP contribution is -2.12. The summed E-state index contributed by atoms with van der Waals surface area (Å²) in [6, 6.07) is 20.1. The minimum Gasteiger partial charge on any atom is -0.490 e. The smallest absolute Gasteiger partial charge is 0.416 e. The van der Waals surface area contributed by atoms with Gasteiger partial charge in [0.2, 0.25) is 0 Å². The molecule has 3 rings (SSSR count). The van der Waals surface area contributed by atoms with Crippen LogP contribution in [0.5, 0.6) is 5.75 Å². The van der Waals surface area contributed by atoms with Crippen molar-refractivity contribution in [2.24, 2.45) is 0 Å². The van der Waals surface area contributed by atoms with Crippen molar-refractivity contribution in [3.63, 3.8) is 0 Å². The molecule has 3 aromatic carbocycles. The van der Waals surface area contributed by atoms with Gasteiger partial charge in [0.25, 0.3) is 0 Å². The molecule has 160 valence electrons. The summed E-state index contributed by atoms with van der Waals surface area (Å²) in [5.74, 6) is 0.204. The van der Waals surface area contributed by atoms with Gasteiger partial charge in [-0.15, -0.1) is 0 Å². The van der Waals surface area contributed by atoms with Gasteiger partial charge in [0, 0.05) is 5.57 Å². The second-order valence-electron chi connectivity index (χ2n) is 6.94. The van der Waals surface area contributed by atoms with Crippen LogP contribution in [0.4, 0.5) is 13.2 Å². The minimum atomic E-state index is -4.34. The first-order chi connectivity index (χ1) is 14.7. The van der Waals surface area contributed by atoms with Gasteiger partial charge in [0.05, 0.1) is 5.56 Å². The molecule has 0 saturated heterocycles. The van der Waals surface area contributed by atoms with Crippen LogP contribution in [0.1, 0.15) is 12.5 Å². The molecule has 0 aromatic heterocycles. The average molecular weight is 426 g/mol. The lowest BCUT2D eigenvalue weighted by atomic mass is 9.99. The standard InChI is InChI=1S/C25H21F3O3/c1-17(2)24(29)31-16-15-30-23-13-9-21(10-14-23)19-5-3-18(4-6-19)20-7-11-22(12-8-20)25(26,27)28/h3-14H,1,15-16H2,2H3. The average Bonchev–Trinajstić information content (AvgIpc) is 2.76. The molecular weight excluding hydrogens is 405 g/mol. The number of carbonyl (C=O) groups excluding carboxylic acids is 1. The van der Waals surface area contributed by atoms with Gasteiger partial charge in [0.15, 0.2) is 0 Å². The molecule has 0 N–H and O–H groups in total. The Morgan fingerprint density at radius 3 is 1.61 bits per heavy atom. The molecule has 0 saturated carbocycles. The first kappa shape index (κ1) is 22.2. The predicted molar refractivity (Wildman–Crippen MR) is 114 cm³/mol. The Kier molecular flexibility index (Phi) is 6.80. The van der Waals surface area contributed by atoms with E-state index >= 15 is 0 Å². The number of hydrogen-bond acceptors (Lipinski definition) is 3. The van der Waals surface area contributed by atoms with Crippen LogP contribution in [0.15, 0.2) is 84.9 Å². The molecule has 0 radical (unpaired) electrons. The molecule has 0 bridgehead atoms. The molecule has 3 aromatic rings. The number of benzene rings is 3. The summed E-state index contributed by atoms with van der Waals surface area (Å²) in [6.07, 6.45) is -4.34. The summed E-state index contributed by atoms with van der Waals surface area (Å²) in [5.41, 5.74) is 3.17. The summed E-state index contributed by atoms with van der Waals surface area (Å²) < 4.78 is 48.6. The van der Waals surface area contributed by atoms with E-state index in [1.165, 1.54) is 12.1 Å². The highest BCUT2D eigenvalue weighted by molar-refractivity contribution is 5.86. The summed E-state index contributed by atoms with van der Waals surface area (Å²) >= 11 is 0. The molecule has 0 fully saturated rings. The molecule has 0 aliphatic carbocycles. The van der Waals surface area contributed by atoms with E-state index in [9.17, 15) is 18.0 Å². The number of hydrogen-bond donors (Lipinski definition) is 0. The van der Waals surface area contributed by atoms with E-state index in [1.807, 2.05) is 48.5 Å². The second kappa shape index (κ2) is 9.51. The largest absolute Gasteiger partial charge is 0.490 e. The van der Waals surface area contributed by atoms with Crippen LogP contribution in [-0.2, 0) is 15.7 Å². The van der Waals surface area contributed by atoms with Crippen molar-refractivity contribution < 1.29 is 27.4 Å². The highest BCUT2D eigenvalue weighted by Crippen LogP contribution is 2.31.